The highest BCUT2D eigenvalue weighted by atomic mass is 35.6. The van der Waals surface area contributed by atoms with Gasteiger partial charge in [0, 0.05) is 18.8 Å². The summed E-state index contributed by atoms with van der Waals surface area (Å²) >= 11 is 16.6. The molecule has 1 heterocycles. The minimum atomic E-state index is -4.95. The molecule has 0 aliphatic carbocycles. The first-order valence-corrected chi connectivity index (χ1v) is 9.96. The number of anilines is 1. The van der Waals surface area contributed by atoms with E-state index < -0.39 is 39.8 Å². The number of nitrogens with one attached hydrogen (secondary N) is 1. The number of ether oxygens (including phenoxy) is 3. The Hall–Kier alpha value is -1.13. The highest BCUT2D eigenvalue weighted by molar-refractivity contribution is 6.67. The van der Waals surface area contributed by atoms with Crippen molar-refractivity contribution in [1.82, 2.24) is 0 Å². The van der Waals surface area contributed by atoms with Crippen LogP contribution in [0.1, 0.15) is 37.0 Å². The molecular weight excluding hydrogens is 474 g/mol. The molecule has 1 atom stereocenters. The van der Waals surface area contributed by atoms with E-state index in [1.807, 2.05) is 6.92 Å². The van der Waals surface area contributed by atoms with E-state index >= 15 is 0 Å². The van der Waals surface area contributed by atoms with Crippen molar-refractivity contribution in [2.45, 2.75) is 41.3 Å². The molecule has 1 fully saturated rings. The molecule has 1 amide bonds. The molecule has 1 aliphatic rings. The first-order valence-electron chi connectivity index (χ1n) is 8.82. The summed E-state index contributed by atoms with van der Waals surface area (Å²) in [7, 11) is 1.12. The second-order valence-corrected chi connectivity index (χ2v) is 9.60. The SMILES string of the molecule is COc1c(NC(=O)OCC(Cl)(Cl)Cl)cc(C2(C)CCOCC2)cc1C(O)C(F)(F)F. The molecule has 30 heavy (non-hydrogen) atoms. The smallest absolute Gasteiger partial charge is 0.418 e. The molecule has 0 aromatic heterocycles. The van der Waals surface area contributed by atoms with Crippen LogP contribution >= 0.6 is 34.8 Å². The van der Waals surface area contributed by atoms with Crippen LogP contribution in [0, 0.1) is 0 Å². The van der Waals surface area contributed by atoms with Gasteiger partial charge in [0.1, 0.15) is 12.4 Å². The molecule has 0 spiro atoms. The number of hydrogen-bond acceptors (Lipinski definition) is 5. The monoisotopic (exact) mass is 493 g/mol. The number of methoxy groups -OCH3 is 1. The average molecular weight is 495 g/mol. The lowest BCUT2D eigenvalue weighted by atomic mass is 9.75. The molecule has 1 unspecified atom stereocenters. The molecule has 6 nitrogen and oxygen atoms in total. The molecule has 1 saturated heterocycles. The van der Waals surface area contributed by atoms with E-state index in [0.29, 0.717) is 31.6 Å². The molecule has 1 aromatic rings. The van der Waals surface area contributed by atoms with E-state index in [9.17, 15) is 23.1 Å². The van der Waals surface area contributed by atoms with Crippen molar-refractivity contribution in [1.29, 1.82) is 0 Å². The third kappa shape index (κ3) is 6.43. The Bertz CT molecular complexity index is 765. The van der Waals surface area contributed by atoms with Crippen molar-refractivity contribution in [2.24, 2.45) is 0 Å². The summed E-state index contributed by atoms with van der Waals surface area (Å²) in [6, 6.07) is 2.72. The summed E-state index contributed by atoms with van der Waals surface area (Å²) in [5, 5.41) is 12.2. The Kier molecular flexibility index (Phi) is 8.01. The fourth-order valence-corrected chi connectivity index (χ4v) is 3.27. The van der Waals surface area contributed by atoms with E-state index in [4.69, 9.17) is 49.0 Å². The van der Waals surface area contributed by atoms with Crippen LogP contribution in [0.5, 0.6) is 5.75 Å². The van der Waals surface area contributed by atoms with Gasteiger partial charge in [-0.15, -0.1) is 0 Å². The van der Waals surface area contributed by atoms with Gasteiger partial charge < -0.3 is 19.3 Å². The first-order chi connectivity index (χ1) is 13.8. The molecule has 2 rings (SSSR count). The normalized spacial score (nSPS) is 17.9. The number of hydrogen-bond donors (Lipinski definition) is 2. The number of alkyl halides is 6. The molecule has 0 bridgehead atoms. The van der Waals surface area contributed by atoms with E-state index in [2.05, 4.69) is 5.32 Å². The Labute approximate surface area is 186 Å². The van der Waals surface area contributed by atoms with E-state index in [-0.39, 0.29) is 11.4 Å². The fourth-order valence-electron chi connectivity index (χ4n) is 3.10. The highest BCUT2D eigenvalue weighted by Crippen LogP contribution is 2.45. The first kappa shape index (κ1) is 25.1. The van der Waals surface area contributed by atoms with Gasteiger partial charge in [-0.2, -0.15) is 13.2 Å². The van der Waals surface area contributed by atoms with Gasteiger partial charge in [0.15, 0.2) is 6.10 Å². The molecule has 0 radical (unpaired) electrons. The number of carbonyl (C=O) groups excluding carboxylic acids is 1. The standard InChI is InChI=1S/C18H21Cl3F3NO5/c1-16(3-5-29-6-4-16)10-7-11(14(26)18(22,23)24)13(28-2)12(8-10)25-15(27)30-9-17(19,20)21/h7-8,14,26H,3-6,9H2,1-2H3,(H,25,27). The third-order valence-corrected chi connectivity index (χ3v) is 5.15. The van der Waals surface area contributed by atoms with Crippen LogP contribution in [0.15, 0.2) is 12.1 Å². The highest BCUT2D eigenvalue weighted by Gasteiger charge is 2.43. The predicted octanol–water partition coefficient (Wildman–Crippen LogP) is 5.28. The van der Waals surface area contributed by atoms with E-state index in [1.54, 1.807) is 0 Å². The summed E-state index contributed by atoms with van der Waals surface area (Å²) in [6.45, 7) is 2.13. The van der Waals surface area contributed by atoms with Crippen LogP contribution < -0.4 is 10.1 Å². The summed E-state index contributed by atoms with van der Waals surface area (Å²) in [5.74, 6) is -0.356. The second-order valence-electron chi connectivity index (χ2n) is 7.08. The zero-order chi connectivity index (χ0) is 22.7. The Morgan fingerprint density at radius 3 is 2.40 bits per heavy atom. The fraction of sp³-hybridized carbons (Fsp3) is 0.611. The summed E-state index contributed by atoms with van der Waals surface area (Å²) in [4.78, 5) is 12.1. The summed E-state index contributed by atoms with van der Waals surface area (Å²) in [5.41, 5.74) is -0.716. The van der Waals surface area contributed by atoms with Crippen LogP contribution in [-0.2, 0) is 14.9 Å². The van der Waals surface area contributed by atoms with Crippen LogP contribution in [0.2, 0.25) is 0 Å². The second kappa shape index (κ2) is 9.56. The van der Waals surface area contributed by atoms with Crippen LogP contribution in [0.25, 0.3) is 0 Å². The van der Waals surface area contributed by atoms with Crippen molar-refractivity contribution in [2.75, 3.05) is 32.2 Å². The van der Waals surface area contributed by atoms with Crippen LogP contribution in [0.3, 0.4) is 0 Å². The molecule has 1 aliphatic heterocycles. The Balaban J connectivity index is 2.50. The van der Waals surface area contributed by atoms with Gasteiger partial charge in [-0.1, -0.05) is 41.7 Å². The lowest BCUT2D eigenvalue weighted by molar-refractivity contribution is -0.207. The average Bonchev–Trinajstić information content (AvgIpc) is 2.64. The van der Waals surface area contributed by atoms with Crippen molar-refractivity contribution in [3.63, 3.8) is 0 Å². The van der Waals surface area contributed by atoms with E-state index in [0.717, 1.165) is 7.11 Å². The zero-order valence-electron chi connectivity index (χ0n) is 16.1. The Morgan fingerprint density at radius 2 is 1.90 bits per heavy atom. The number of halogens is 6. The molecule has 2 N–H and O–H groups in total. The zero-order valence-corrected chi connectivity index (χ0v) is 18.4. The number of amides is 1. The number of benzene rings is 1. The van der Waals surface area contributed by atoms with Gasteiger partial charge in [-0.25, -0.2) is 4.79 Å². The van der Waals surface area contributed by atoms with Gasteiger partial charge in [-0.3, -0.25) is 5.32 Å². The Morgan fingerprint density at radius 1 is 1.30 bits per heavy atom. The van der Waals surface area contributed by atoms with Crippen LogP contribution in [0.4, 0.5) is 23.7 Å². The van der Waals surface area contributed by atoms with Crippen LogP contribution in [-0.4, -0.2) is 48.1 Å². The largest absolute Gasteiger partial charge is 0.494 e. The molecular formula is C18H21Cl3F3NO5. The van der Waals surface area contributed by atoms with Crippen molar-refractivity contribution < 1.29 is 37.3 Å². The number of rotatable bonds is 5. The van der Waals surface area contributed by atoms with Crippen molar-refractivity contribution in [3.8, 4) is 5.75 Å². The quantitative estimate of drug-likeness (QED) is 0.545. The topological polar surface area (TPSA) is 77.0 Å². The number of aliphatic hydroxyl groups excluding tert-OH is 1. The van der Waals surface area contributed by atoms with Gasteiger partial charge in [0.2, 0.25) is 3.79 Å². The number of aliphatic hydroxyl groups is 1. The van der Waals surface area contributed by atoms with Gasteiger partial charge in [0.05, 0.1) is 12.8 Å². The van der Waals surface area contributed by atoms with Gasteiger partial charge >= 0.3 is 12.3 Å². The molecule has 170 valence electrons. The molecule has 12 heteroatoms. The number of carbonyl (C=O) groups is 1. The third-order valence-electron chi connectivity index (χ3n) is 4.82. The maximum absolute atomic E-state index is 13.3. The minimum Gasteiger partial charge on any atom is -0.494 e. The molecule has 1 aromatic carbocycles. The van der Waals surface area contributed by atoms with Gasteiger partial charge in [-0.05, 0) is 36.0 Å². The molecule has 0 saturated carbocycles. The maximum Gasteiger partial charge on any atom is 0.418 e. The van der Waals surface area contributed by atoms with E-state index in [1.165, 1.54) is 12.1 Å². The lowest BCUT2D eigenvalue weighted by Gasteiger charge is -2.35. The lowest BCUT2D eigenvalue weighted by Crippen LogP contribution is -2.31. The summed E-state index contributed by atoms with van der Waals surface area (Å²) in [6.07, 6.45) is -7.76. The summed E-state index contributed by atoms with van der Waals surface area (Å²) < 4.78 is 53.2. The predicted molar refractivity (Wildman–Crippen MR) is 107 cm³/mol. The van der Waals surface area contributed by atoms with Crippen molar-refractivity contribution in [3.05, 3.63) is 23.3 Å². The maximum atomic E-state index is 13.3. The minimum absolute atomic E-state index is 0.115. The van der Waals surface area contributed by atoms with Gasteiger partial charge in [0.25, 0.3) is 0 Å². The van der Waals surface area contributed by atoms with Crippen molar-refractivity contribution >= 4 is 46.6 Å².